The summed E-state index contributed by atoms with van der Waals surface area (Å²) in [7, 11) is -2.12. The molecule has 1 aliphatic rings. The number of carbonyl (C=O) groups excluding carboxylic acids is 1. The van der Waals surface area contributed by atoms with Crippen LogP contribution in [0.15, 0.2) is 57.9 Å². The van der Waals surface area contributed by atoms with Crippen molar-refractivity contribution in [2.75, 3.05) is 33.3 Å². The van der Waals surface area contributed by atoms with Crippen molar-refractivity contribution in [1.29, 1.82) is 0 Å². The summed E-state index contributed by atoms with van der Waals surface area (Å²) in [5.41, 5.74) is 0.773. The van der Waals surface area contributed by atoms with Gasteiger partial charge in [-0.3, -0.25) is 4.79 Å². The highest BCUT2D eigenvalue weighted by molar-refractivity contribution is 9.10. The topological polar surface area (TPSA) is 66.9 Å². The fraction of sp³-hybridized carbons (Fsp3) is 0.250. The van der Waals surface area contributed by atoms with Crippen molar-refractivity contribution in [3.05, 3.63) is 63.6 Å². The summed E-state index contributed by atoms with van der Waals surface area (Å²) in [4.78, 5) is 14.2. The molecular weight excluding hydrogens is 480 g/mol. The van der Waals surface area contributed by atoms with Gasteiger partial charge in [0.1, 0.15) is 10.6 Å². The number of piperazine rings is 1. The number of nitrogens with zero attached hydrogens (tertiary/aromatic N) is 2. The molecule has 0 atom stereocenters. The quantitative estimate of drug-likeness (QED) is 0.589. The van der Waals surface area contributed by atoms with Crippen molar-refractivity contribution in [2.45, 2.75) is 4.90 Å². The Balaban J connectivity index is 1.66. The lowest BCUT2D eigenvalue weighted by Crippen LogP contribution is -2.50. The van der Waals surface area contributed by atoms with Gasteiger partial charge >= 0.3 is 0 Å². The first kappa shape index (κ1) is 21.8. The van der Waals surface area contributed by atoms with Gasteiger partial charge in [0.05, 0.1) is 12.1 Å². The van der Waals surface area contributed by atoms with Crippen LogP contribution in [0.2, 0.25) is 5.02 Å². The third-order valence-electron chi connectivity index (χ3n) is 4.60. The van der Waals surface area contributed by atoms with Crippen LogP contribution in [-0.2, 0) is 14.8 Å². The first-order valence-corrected chi connectivity index (χ1v) is 11.5. The molecule has 0 radical (unpaired) electrons. The van der Waals surface area contributed by atoms with Crippen molar-refractivity contribution < 1.29 is 17.9 Å². The predicted octanol–water partition coefficient (Wildman–Crippen LogP) is 3.66. The third-order valence-corrected chi connectivity index (χ3v) is 7.49. The highest BCUT2D eigenvalue weighted by Crippen LogP contribution is 2.26. The summed E-state index contributed by atoms with van der Waals surface area (Å²) in [6.45, 7) is 1.05. The molecule has 9 heteroatoms. The van der Waals surface area contributed by atoms with Crippen molar-refractivity contribution in [1.82, 2.24) is 9.21 Å². The third kappa shape index (κ3) is 5.01. The lowest BCUT2D eigenvalue weighted by molar-refractivity contribution is -0.127. The number of ether oxygens (including phenoxy) is 1. The maximum Gasteiger partial charge on any atom is 0.246 e. The molecule has 1 heterocycles. The van der Waals surface area contributed by atoms with Gasteiger partial charge in [-0.15, -0.1) is 0 Å². The van der Waals surface area contributed by atoms with Gasteiger partial charge in [0.25, 0.3) is 0 Å². The van der Waals surface area contributed by atoms with E-state index >= 15 is 0 Å². The Morgan fingerprint density at radius 2 is 1.83 bits per heavy atom. The van der Waals surface area contributed by atoms with Crippen LogP contribution in [0, 0.1) is 0 Å². The highest BCUT2D eigenvalue weighted by atomic mass is 79.9. The molecule has 1 saturated heterocycles. The second-order valence-electron chi connectivity index (χ2n) is 6.38. The molecule has 1 amide bonds. The van der Waals surface area contributed by atoms with Gasteiger partial charge in [0.15, 0.2) is 0 Å². The van der Waals surface area contributed by atoms with Gasteiger partial charge in [-0.05, 0) is 36.4 Å². The van der Waals surface area contributed by atoms with Crippen LogP contribution < -0.4 is 4.74 Å². The van der Waals surface area contributed by atoms with E-state index in [1.165, 1.54) is 16.4 Å². The van der Waals surface area contributed by atoms with Crippen molar-refractivity contribution >= 4 is 49.5 Å². The number of amides is 1. The molecule has 1 fully saturated rings. The van der Waals surface area contributed by atoms with E-state index < -0.39 is 10.0 Å². The fourth-order valence-electron chi connectivity index (χ4n) is 3.04. The minimum Gasteiger partial charge on any atom is -0.496 e. The summed E-state index contributed by atoms with van der Waals surface area (Å²) >= 11 is 9.45. The smallest absolute Gasteiger partial charge is 0.246 e. The van der Waals surface area contributed by atoms with E-state index in [1.54, 1.807) is 36.3 Å². The summed E-state index contributed by atoms with van der Waals surface area (Å²) < 4.78 is 33.1. The zero-order chi connectivity index (χ0) is 21.0. The Bertz CT molecular complexity index is 1030. The zero-order valence-electron chi connectivity index (χ0n) is 15.7. The largest absolute Gasteiger partial charge is 0.496 e. The molecule has 0 unspecified atom stereocenters. The number of hydrogen-bond donors (Lipinski definition) is 0. The second kappa shape index (κ2) is 9.30. The molecule has 3 rings (SSSR count). The summed E-state index contributed by atoms with van der Waals surface area (Å²) in [5.74, 6) is 0.481. The second-order valence-corrected chi connectivity index (χ2v) is 9.61. The number of rotatable bonds is 5. The van der Waals surface area contributed by atoms with Crippen LogP contribution in [0.5, 0.6) is 5.75 Å². The average molecular weight is 500 g/mol. The summed E-state index contributed by atoms with van der Waals surface area (Å²) in [5, 5.41) is 0.192. The highest BCUT2D eigenvalue weighted by Gasteiger charge is 2.30. The van der Waals surface area contributed by atoms with E-state index in [1.807, 2.05) is 18.2 Å². The van der Waals surface area contributed by atoms with E-state index in [0.29, 0.717) is 18.8 Å². The standard InChI is InChI=1S/C20H20BrClN2O4S/c1-28-18-8-7-16(21)14-15(18)6-9-20(25)23-10-12-24(13-11-23)29(26,27)19-5-3-2-4-17(19)22/h2-9,14H,10-13H2,1H3/b9-6+. The lowest BCUT2D eigenvalue weighted by Gasteiger charge is -2.33. The van der Waals surface area contributed by atoms with Gasteiger partial charge in [-0.25, -0.2) is 8.42 Å². The molecule has 29 heavy (non-hydrogen) atoms. The Morgan fingerprint density at radius 3 is 2.48 bits per heavy atom. The molecule has 0 spiro atoms. The van der Waals surface area contributed by atoms with Crippen LogP contribution in [-0.4, -0.2) is 56.8 Å². The van der Waals surface area contributed by atoms with Crippen LogP contribution in [0.25, 0.3) is 6.08 Å². The first-order valence-electron chi connectivity index (χ1n) is 8.88. The number of hydrogen-bond acceptors (Lipinski definition) is 4. The molecule has 6 nitrogen and oxygen atoms in total. The number of carbonyl (C=O) groups is 1. The van der Waals surface area contributed by atoms with Gasteiger partial charge < -0.3 is 9.64 Å². The van der Waals surface area contributed by atoms with Gasteiger partial charge in [-0.1, -0.05) is 39.7 Å². The summed E-state index contributed by atoms with van der Waals surface area (Å²) in [6, 6.07) is 11.9. The van der Waals surface area contributed by atoms with Crippen LogP contribution in [0.4, 0.5) is 0 Å². The number of benzene rings is 2. The van der Waals surface area contributed by atoms with E-state index in [-0.39, 0.29) is 28.9 Å². The molecule has 0 N–H and O–H groups in total. The average Bonchev–Trinajstić information content (AvgIpc) is 2.72. The molecule has 2 aromatic carbocycles. The maximum absolute atomic E-state index is 12.8. The maximum atomic E-state index is 12.8. The van der Waals surface area contributed by atoms with Gasteiger partial charge in [0, 0.05) is 42.3 Å². The Morgan fingerprint density at radius 1 is 1.14 bits per heavy atom. The van der Waals surface area contributed by atoms with E-state index in [0.717, 1.165) is 10.0 Å². The molecule has 2 aromatic rings. The molecular formula is C20H20BrClN2O4S. The van der Waals surface area contributed by atoms with Crippen LogP contribution in [0.3, 0.4) is 0 Å². The van der Waals surface area contributed by atoms with E-state index in [4.69, 9.17) is 16.3 Å². The molecule has 154 valence electrons. The molecule has 0 aromatic heterocycles. The number of methoxy groups -OCH3 is 1. The Labute approximate surface area is 183 Å². The molecule has 0 aliphatic carbocycles. The van der Waals surface area contributed by atoms with E-state index in [9.17, 15) is 13.2 Å². The first-order chi connectivity index (χ1) is 13.8. The normalized spacial score (nSPS) is 15.6. The predicted molar refractivity (Wildman–Crippen MR) is 117 cm³/mol. The Hall–Kier alpha value is -1.87. The summed E-state index contributed by atoms with van der Waals surface area (Å²) in [6.07, 6.45) is 3.17. The lowest BCUT2D eigenvalue weighted by atomic mass is 10.2. The van der Waals surface area contributed by atoms with Crippen LogP contribution in [0.1, 0.15) is 5.56 Å². The van der Waals surface area contributed by atoms with Crippen molar-refractivity contribution in [3.63, 3.8) is 0 Å². The van der Waals surface area contributed by atoms with E-state index in [2.05, 4.69) is 15.9 Å². The fourth-order valence-corrected chi connectivity index (χ4v) is 5.34. The van der Waals surface area contributed by atoms with Gasteiger partial charge in [-0.2, -0.15) is 4.31 Å². The molecule has 1 aliphatic heterocycles. The SMILES string of the molecule is COc1ccc(Br)cc1/C=C/C(=O)N1CCN(S(=O)(=O)c2ccccc2Cl)CC1. The minimum absolute atomic E-state index is 0.0862. The van der Waals surface area contributed by atoms with Crippen LogP contribution >= 0.6 is 27.5 Å². The van der Waals surface area contributed by atoms with Gasteiger partial charge in [0.2, 0.25) is 15.9 Å². The van der Waals surface area contributed by atoms with Crippen molar-refractivity contribution in [3.8, 4) is 5.75 Å². The monoisotopic (exact) mass is 498 g/mol. The molecule has 0 bridgehead atoms. The van der Waals surface area contributed by atoms with Crippen molar-refractivity contribution in [2.24, 2.45) is 0 Å². The minimum atomic E-state index is -3.69. The number of halogens is 2. The Kier molecular flexibility index (Phi) is 7.00. The molecule has 0 saturated carbocycles. The number of sulfonamides is 1. The zero-order valence-corrected chi connectivity index (χ0v) is 18.9.